The summed E-state index contributed by atoms with van der Waals surface area (Å²) in [6, 6.07) is 4.56. The molecule has 6 nitrogen and oxygen atoms in total. The van der Waals surface area contributed by atoms with Crippen molar-refractivity contribution in [2.45, 2.75) is 23.9 Å². The number of alkyl halides is 3. The predicted octanol–water partition coefficient (Wildman–Crippen LogP) is 2.11. The van der Waals surface area contributed by atoms with Gasteiger partial charge in [0, 0.05) is 13.1 Å². The van der Waals surface area contributed by atoms with Gasteiger partial charge in [0.1, 0.15) is 5.75 Å². The highest BCUT2D eigenvalue weighted by Crippen LogP contribution is 2.26. The largest absolute Gasteiger partial charge is 0.484 e. The number of carboxylic acid groups (broad SMARTS) is 1. The zero-order chi connectivity index (χ0) is 18.0. The Morgan fingerprint density at radius 3 is 2.46 bits per heavy atom. The lowest BCUT2D eigenvalue weighted by atomic mass is 10.0. The van der Waals surface area contributed by atoms with E-state index >= 15 is 0 Å². The summed E-state index contributed by atoms with van der Waals surface area (Å²) >= 11 is 0. The van der Waals surface area contributed by atoms with Crippen LogP contribution in [0.15, 0.2) is 29.2 Å². The van der Waals surface area contributed by atoms with Gasteiger partial charge in [0.15, 0.2) is 6.61 Å². The molecule has 24 heavy (non-hydrogen) atoms. The minimum absolute atomic E-state index is 0.103. The Kier molecular flexibility index (Phi) is 5.38. The molecule has 0 saturated carbocycles. The molecule has 2 rings (SSSR count). The standard InChI is InChI=1S/C14H16F3NO5S/c15-14(16,17)9-23-11-3-5-12(6-4-11)24(21,22)18-7-1-2-10(8-18)13(19)20/h3-6,10H,1-2,7-9H2,(H,19,20). The van der Waals surface area contributed by atoms with E-state index in [1.165, 1.54) is 0 Å². The first kappa shape index (κ1) is 18.5. The summed E-state index contributed by atoms with van der Waals surface area (Å²) in [5, 5.41) is 9.02. The Balaban J connectivity index is 2.10. The number of hydrogen-bond acceptors (Lipinski definition) is 4. The number of benzene rings is 1. The number of carbonyl (C=O) groups is 1. The van der Waals surface area contributed by atoms with E-state index in [-0.39, 0.29) is 23.7 Å². The van der Waals surface area contributed by atoms with Crippen LogP contribution in [0.3, 0.4) is 0 Å². The molecule has 134 valence electrons. The summed E-state index contributed by atoms with van der Waals surface area (Å²) in [7, 11) is -3.90. The number of nitrogens with zero attached hydrogens (tertiary/aromatic N) is 1. The fraction of sp³-hybridized carbons (Fsp3) is 0.500. The highest BCUT2D eigenvalue weighted by atomic mass is 32.2. The fourth-order valence-corrected chi connectivity index (χ4v) is 3.91. The van der Waals surface area contributed by atoms with Crippen molar-refractivity contribution in [1.82, 2.24) is 4.31 Å². The Morgan fingerprint density at radius 1 is 1.29 bits per heavy atom. The van der Waals surface area contributed by atoms with Crippen LogP contribution in [0.2, 0.25) is 0 Å². The number of sulfonamides is 1. The van der Waals surface area contributed by atoms with E-state index in [1.807, 2.05) is 0 Å². The smallest absolute Gasteiger partial charge is 0.422 e. The SMILES string of the molecule is O=C(O)C1CCCN(S(=O)(=O)c2ccc(OCC(F)(F)F)cc2)C1. The van der Waals surface area contributed by atoms with E-state index < -0.39 is 34.7 Å². The molecule has 1 fully saturated rings. The molecular formula is C14H16F3NO5S. The van der Waals surface area contributed by atoms with E-state index in [0.717, 1.165) is 28.6 Å². The van der Waals surface area contributed by atoms with Crippen molar-refractivity contribution < 1.29 is 36.2 Å². The van der Waals surface area contributed by atoms with E-state index in [9.17, 15) is 26.4 Å². The van der Waals surface area contributed by atoms with Gasteiger partial charge in [0.2, 0.25) is 10.0 Å². The molecular weight excluding hydrogens is 351 g/mol. The number of piperidine rings is 1. The molecule has 1 aliphatic heterocycles. The number of ether oxygens (including phenoxy) is 1. The van der Waals surface area contributed by atoms with E-state index in [1.54, 1.807) is 0 Å². The van der Waals surface area contributed by atoms with Crippen LogP contribution >= 0.6 is 0 Å². The number of rotatable bonds is 5. The van der Waals surface area contributed by atoms with Gasteiger partial charge >= 0.3 is 12.1 Å². The zero-order valence-corrected chi connectivity index (χ0v) is 13.3. The van der Waals surface area contributed by atoms with Crippen molar-refractivity contribution in [2.75, 3.05) is 19.7 Å². The highest BCUT2D eigenvalue weighted by Gasteiger charge is 2.33. The monoisotopic (exact) mass is 367 g/mol. The van der Waals surface area contributed by atoms with E-state index in [4.69, 9.17) is 5.11 Å². The van der Waals surface area contributed by atoms with Gasteiger partial charge in [-0.25, -0.2) is 8.42 Å². The summed E-state index contributed by atoms with van der Waals surface area (Å²) in [5.41, 5.74) is 0. The van der Waals surface area contributed by atoms with Gasteiger partial charge in [-0.2, -0.15) is 17.5 Å². The van der Waals surface area contributed by atoms with Gasteiger partial charge in [-0.1, -0.05) is 0 Å². The molecule has 10 heteroatoms. The van der Waals surface area contributed by atoms with Crippen molar-refractivity contribution in [2.24, 2.45) is 5.92 Å². The van der Waals surface area contributed by atoms with Gasteiger partial charge in [0.25, 0.3) is 0 Å². The predicted molar refractivity (Wildman–Crippen MR) is 77.1 cm³/mol. The van der Waals surface area contributed by atoms with Gasteiger partial charge in [0.05, 0.1) is 10.8 Å². The van der Waals surface area contributed by atoms with Crippen LogP contribution in [0.25, 0.3) is 0 Å². The van der Waals surface area contributed by atoms with Crippen molar-refractivity contribution >= 4 is 16.0 Å². The van der Waals surface area contributed by atoms with Gasteiger partial charge in [-0.05, 0) is 37.1 Å². The average molecular weight is 367 g/mol. The maximum absolute atomic E-state index is 12.5. The van der Waals surface area contributed by atoms with Crippen LogP contribution in [-0.4, -0.2) is 49.7 Å². The quantitative estimate of drug-likeness (QED) is 0.862. The van der Waals surface area contributed by atoms with Crippen LogP contribution in [-0.2, 0) is 14.8 Å². The summed E-state index contributed by atoms with van der Waals surface area (Å²) in [4.78, 5) is 10.9. The van der Waals surface area contributed by atoms with Crippen molar-refractivity contribution in [3.8, 4) is 5.75 Å². The maximum Gasteiger partial charge on any atom is 0.422 e. The molecule has 1 N–H and O–H groups in total. The van der Waals surface area contributed by atoms with Crippen LogP contribution < -0.4 is 4.74 Å². The second kappa shape index (κ2) is 6.98. The molecule has 0 aliphatic carbocycles. The minimum Gasteiger partial charge on any atom is -0.484 e. The maximum atomic E-state index is 12.5. The molecule has 0 amide bonds. The Morgan fingerprint density at radius 2 is 1.92 bits per heavy atom. The van der Waals surface area contributed by atoms with Crippen LogP contribution in [0.1, 0.15) is 12.8 Å². The topological polar surface area (TPSA) is 83.9 Å². The van der Waals surface area contributed by atoms with Crippen molar-refractivity contribution in [1.29, 1.82) is 0 Å². The van der Waals surface area contributed by atoms with Gasteiger partial charge in [-0.3, -0.25) is 4.79 Å². The number of hydrogen-bond donors (Lipinski definition) is 1. The molecule has 0 bridgehead atoms. The molecule has 1 aromatic rings. The van der Waals surface area contributed by atoms with Crippen molar-refractivity contribution in [3.05, 3.63) is 24.3 Å². The number of aliphatic carboxylic acids is 1. The third kappa shape index (κ3) is 4.60. The van der Waals surface area contributed by atoms with Crippen LogP contribution in [0.4, 0.5) is 13.2 Å². The molecule has 1 unspecified atom stereocenters. The first-order valence-corrected chi connectivity index (χ1v) is 8.56. The zero-order valence-electron chi connectivity index (χ0n) is 12.5. The molecule has 0 spiro atoms. The molecule has 1 aliphatic rings. The fourth-order valence-electron chi connectivity index (χ4n) is 2.38. The molecule has 0 aromatic heterocycles. The van der Waals surface area contributed by atoms with E-state index in [0.29, 0.717) is 12.8 Å². The van der Waals surface area contributed by atoms with Crippen LogP contribution in [0.5, 0.6) is 5.75 Å². The Hall–Kier alpha value is -1.81. The second-order valence-electron chi connectivity index (χ2n) is 5.42. The summed E-state index contributed by atoms with van der Waals surface area (Å²) in [5.74, 6) is -1.91. The Labute approximate surface area is 136 Å². The van der Waals surface area contributed by atoms with Gasteiger partial charge in [-0.15, -0.1) is 0 Å². The lowest BCUT2D eigenvalue weighted by Crippen LogP contribution is -2.42. The number of carboxylic acids is 1. The highest BCUT2D eigenvalue weighted by molar-refractivity contribution is 7.89. The third-order valence-corrected chi connectivity index (χ3v) is 5.48. The van der Waals surface area contributed by atoms with Gasteiger partial charge < -0.3 is 9.84 Å². The Bertz CT molecular complexity index is 687. The minimum atomic E-state index is -4.48. The van der Waals surface area contributed by atoms with E-state index in [2.05, 4.69) is 4.74 Å². The molecule has 1 aromatic carbocycles. The summed E-state index contributed by atoms with van der Waals surface area (Å²) in [6.07, 6.45) is -3.64. The lowest BCUT2D eigenvalue weighted by Gasteiger charge is -2.29. The molecule has 1 heterocycles. The second-order valence-corrected chi connectivity index (χ2v) is 7.35. The molecule has 0 radical (unpaired) electrons. The lowest BCUT2D eigenvalue weighted by molar-refractivity contribution is -0.153. The number of halogens is 3. The average Bonchev–Trinajstić information content (AvgIpc) is 2.53. The molecule has 1 saturated heterocycles. The van der Waals surface area contributed by atoms with Crippen LogP contribution in [0, 0.1) is 5.92 Å². The summed E-state index contributed by atoms with van der Waals surface area (Å²) in [6.45, 7) is -1.38. The normalized spacial score (nSPS) is 19.9. The molecule has 1 atom stereocenters. The summed E-state index contributed by atoms with van der Waals surface area (Å²) < 4.78 is 66.8. The first-order chi connectivity index (χ1) is 11.1. The third-order valence-electron chi connectivity index (χ3n) is 3.60. The first-order valence-electron chi connectivity index (χ1n) is 7.12. The van der Waals surface area contributed by atoms with Crippen molar-refractivity contribution in [3.63, 3.8) is 0 Å².